The minimum Gasteiger partial charge on any atom is -0.472 e. The lowest BCUT2D eigenvalue weighted by Crippen LogP contribution is -2.62. The van der Waals surface area contributed by atoms with Gasteiger partial charge in [0.1, 0.15) is 6.61 Å². The number of hydrogen-bond donors (Lipinski definition) is 0. The fourth-order valence-electron chi connectivity index (χ4n) is 5.07. The van der Waals surface area contributed by atoms with Crippen molar-refractivity contribution in [3.05, 3.63) is 41.9 Å². The molecular weight excluding hydrogens is 304 g/mol. The fourth-order valence-corrected chi connectivity index (χ4v) is 5.07. The summed E-state index contributed by atoms with van der Waals surface area (Å²) in [5.74, 6) is 0.312. The average Bonchev–Trinajstić information content (AvgIpc) is 3.06. The van der Waals surface area contributed by atoms with Crippen molar-refractivity contribution in [2.45, 2.75) is 33.1 Å². The molecule has 4 nitrogen and oxygen atoms in total. The van der Waals surface area contributed by atoms with E-state index in [1.807, 2.05) is 19.1 Å². The first-order valence-electron chi connectivity index (χ1n) is 8.59. The Hall–Kier alpha value is -2.10. The van der Waals surface area contributed by atoms with E-state index >= 15 is 0 Å². The summed E-state index contributed by atoms with van der Waals surface area (Å²) in [6.07, 6.45) is 11.3. The third-order valence-corrected chi connectivity index (χ3v) is 6.57. The van der Waals surface area contributed by atoms with E-state index in [-0.39, 0.29) is 23.1 Å². The first-order valence-corrected chi connectivity index (χ1v) is 8.59. The Kier molecular flexibility index (Phi) is 3.34. The van der Waals surface area contributed by atoms with Crippen LogP contribution >= 0.6 is 0 Å². The number of esters is 1. The van der Waals surface area contributed by atoms with Crippen molar-refractivity contribution < 1.29 is 18.7 Å². The maximum absolute atomic E-state index is 12.7. The van der Waals surface area contributed by atoms with Crippen LogP contribution in [0.1, 0.15) is 38.7 Å². The van der Waals surface area contributed by atoms with Crippen molar-refractivity contribution in [1.82, 2.24) is 0 Å². The van der Waals surface area contributed by atoms with Gasteiger partial charge in [0, 0.05) is 17.4 Å². The van der Waals surface area contributed by atoms with Gasteiger partial charge >= 0.3 is 5.97 Å². The Bertz CT molecular complexity index is 742. The van der Waals surface area contributed by atoms with Gasteiger partial charge in [0.2, 0.25) is 0 Å². The second-order valence-electron chi connectivity index (χ2n) is 7.54. The second kappa shape index (κ2) is 5.20. The molecule has 4 heteroatoms. The Balaban J connectivity index is 1.84. The van der Waals surface area contributed by atoms with Crippen LogP contribution in [0.5, 0.6) is 0 Å². The van der Waals surface area contributed by atoms with Gasteiger partial charge in [-0.2, -0.15) is 0 Å². The maximum Gasteiger partial charge on any atom is 0.316 e. The molecule has 0 amide bonds. The van der Waals surface area contributed by atoms with Crippen LogP contribution in [0.3, 0.4) is 0 Å². The molecule has 1 saturated heterocycles. The molecule has 3 aliphatic rings. The first-order chi connectivity index (χ1) is 11.5. The molecule has 1 aromatic rings. The van der Waals surface area contributed by atoms with Gasteiger partial charge in [0.15, 0.2) is 5.78 Å². The molecule has 24 heavy (non-hydrogen) atoms. The van der Waals surface area contributed by atoms with Crippen molar-refractivity contribution in [3.63, 3.8) is 0 Å². The smallest absolute Gasteiger partial charge is 0.316 e. The van der Waals surface area contributed by atoms with E-state index in [0.717, 1.165) is 24.0 Å². The van der Waals surface area contributed by atoms with Gasteiger partial charge in [-0.05, 0) is 43.7 Å². The first kappa shape index (κ1) is 15.4. The molecule has 0 unspecified atom stereocenters. The lowest BCUT2D eigenvalue weighted by molar-refractivity contribution is -0.193. The van der Waals surface area contributed by atoms with Gasteiger partial charge in [-0.1, -0.05) is 24.6 Å². The zero-order chi connectivity index (χ0) is 16.9. The van der Waals surface area contributed by atoms with Crippen molar-refractivity contribution in [2.75, 3.05) is 6.61 Å². The van der Waals surface area contributed by atoms with Crippen LogP contribution < -0.4 is 0 Å². The predicted molar refractivity (Wildman–Crippen MR) is 88.8 cm³/mol. The number of cyclic esters (lactones) is 1. The van der Waals surface area contributed by atoms with Crippen molar-refractivity contribution in [3.8, 4) is 0 Å². The van der Waals surface area contributed by atoms with Crippen LogP contribution in [0.4, 0.5) is 0 Å². The topological polar surface area (TPSA) is 56.5 Å². The number of carbonyl (C=O) groups is 2. The van der Waals surface area contributed by atoms with Gasteiger partial charge in [0.05, 0.1) is 17.9 Å². The number of ether oxygens (including phenoxy) is 1. The number of furan rings is 1. The second-order valence-corrected chi connectivity index (χ2v) is 7.54. The van der Waals surface area contributed by atoms with E-state index in [4.69, 9.17) is 9.15 Å². The Morgan fingerprint density at radius 3 is 2.92 bits per heavy atom. The van der Waals surface area contributed by atoms with Gasteiger partial charge < -0.3 is 9.15 Å². The summed E-state index contributed by atoms with van der Waals surface area (Å²) in [6, 6.07) is 1.90. The molecule has 2 fully saturated rings. The number of allylic oxidation sites excluding steroid dienone is 1. The summed E-state index contributed by atoms with van der Waals surface area (Å²) < 4.78 is 10.8. The Morgan fingerprint density at radius 1 is 1.33 bits per heavy atom. The van der Waals surface area contributed by atoms with E-state index in [2.05, 4.69) is 13.0 Å². The summed E-state index contributed by atoms with van der Waals surface area (Å²) in [5.41, 5.74) is 0.939. The largest absolute Gasteiger partial charge is 0.472 e. The van der Waals surface area contributed by atoms with E-state index in [0.29, 0.717) is 18.9 Å². The number of carbonyl (C=O) groups excluding carboxylic acids is 2. The fraction of sp³-hybridized carbons (Fsp3) is 0.500. The summed E-state index contributed by atoms with van der Waals surface area (Å²) in [6.45, 7) is 4.48. The van der Waals surface area contributed by atoms with Gasteiger partial charge in [-0.3, -0.25) is 9.59 Å². The number of ketones is 1. The zero-order valence-corrected chi connectivity index (χ0v) is 14.1. The molecule has 126 valence electrons. The molecule has 1 aliphatic heterocycles. The zero-order valence-electron chi connectivity index (χ0n) is 14.1. The van der Waals surface area contributed by atoms with Crippen LogP contribution in [-0.4, -0.2) is 18.4 Å². The Morgan fingerprint density at radius 2 is 2.17 bits per heavy atom. The van der Waals surface area contributed by atoms with Crippen molar-refractivity contribution >= 4 is 17.8 Å². The summed E-state index contributed by atoms with van der Waals surface area (Å²) >= 11 is 0. The molecule has 1 saturated carbocycles. The minimum atomic E-state index is -0.626. The summed E-state index contributed by atoms with van der Waals surface area (Å²) in [5, 5.41) is 0. The number of hydrogen-bond acceptors (Lipinski definition) is 4. The monoisotopic (exact) mass is 326 g/mol. The number of rotatable bonds is 2. The van der Waals surface area contributed by atoms with Gasteiger partial charge in [0.25, 0.3) is 0 Å². The highest BCUT2D eigenvalue weighted by atomic mass is 16.5. The van der Waals surface area contributed by atoms with Crippen LogP contribution in [0, 0.1) is 22.7 Å². The Labute approximate surface area is 141 Å². The van der Waals surface area contributed by atoms with Crippen molar-refractivity contribution in [1.29, 1.82) is 0 Å². The highest BCUT2D eigenvalue weighted by molar-refractivity contribution is 5.96. The third kappa shape index (κ3) is 1.92. The molecule has 0 aromatic carbocycles. The van der Waals surface area contributed by atoms with E-state index in [9.17, 15) is 9.59 Å². The molecule has 2 bridgehead atoms. The van der Waals surface area contributed by atoms with Gasteiger partial charge in [-0.25, -0.2) is 0 Å². The van der Waals surface area contributed by atoms with Crippen LogP contribution in [0.2, 0.25) is 0 Å². The minimum absolute atomic E-state index is 0.0179. The highest BCUT2D eigenvalue weighted by Gasteiger charge is 2.65. The maximum atomic E-state index is 12.7. The molecular formula is C20H22O4. The van der Waals surface area contributed by atoms with Gasteiger partial charge in [-0.15, -0.1) is 0 Å². The molecule has 0 radical (unpaired) electrons. The quantitative estimate of drug-likeness (QED) is 0.776. The lowest BCUT2D eigenvalue weighted by atomic mass is 9.45. The molecule has 2 aliphatic carbocycles. The third-order valence-electron chi connectivity index (χ3n) is 6.57. The molecule has 4 rings (SSSR count). The van der Waals surface area contributed by atoms with Crippen LogP contribution in [0.15, 0.2) is 40.7 Å². The summed E-state index contributed by atoms with van der Waals surface area (Å²) in [7, 11) is 0. The molecule has 2 heterocycles. The molecule has 0 spiro atoms. The summed E-state index contributed by atoms with van der Waals surface area (Å²) in [4.78, 5) is 25.0. The highest BCUT2D eigenvalue weighted by Crippen LogP contribution is 2.63. The average molecular weight is 326 g/mol. The van der Waals surface area contributed by atoms with Crippen LogP contribution in [-0.2, 0) is 14.3 Å². The van der Waals surface area contributed by atoms with E-state index < -0.39 is 5.41 Å². The SMILES string of the molecule is CC1=CC(=O)C[C@H]2[C@@]13CC[C@@H](C)[C@@]2(/C=C\c1ccoc1)COC3=O. The lowest BCUT2D eigenvalue weighted by Gasteiger charge is -2.59. The van der Waals surface area contributed by atoms with Crippen molar-refractivity contribution in [2.24, 2.45) is 22.7 Å². The molecule has 1 aromatic heterocycles. The molecule has 4 atom stereocenters. The standard InChI is InChI=1S/C20H22O4/c1-13-3-7-20-14(2)9-16(21)10-17(20)19(13,12-24-18(20)22)6-4-15-5-8-23-11-15/h4-6,8-9,11,13,17H,3,7,10,12H2,1-2H3/b6-4-/t13-,17-,19-,20-/m1/s1. The van der Waals surface area contributed by atoms with E-state index in [1.54, 1.807) is 18.6 Å². The van der Waals surface area contributed by atoms with E-state index in [1.165, 1.54) is 0 Å². The van der Waals surface area contributed by atoms with Crippen LogP contribution in [0.25, 0.3) is 6.08 Å². The molecule has 0 N–H and O–H groups in total. The normalized spacial score (nSPS) is 38.7. The predicted octanol–water partition coefficient (Wildman–Crippen LogP) is 3.79.